The van der Waals surface area contributed by atoms with Crippen molar-refractivity contribution < 1.29 is 36.1 Å². The van der Waals surface area contributed by atoms with Gasteiger partial charge in [-0.3, -0.25) is 4.55 Å². The topological polar surface area (TPSA) is 132 Å². The Morgan fingerprint density at radius 3 is 1.20 bits per heavy atom. The molecule has 0 spiro atoms. The summed E-state index contributed by atoms with van der Waals surface area (Å²) in [5.74, 6) is 0. The molecule has 0 aromatic carbocycles. The van der Waals surface area contributed by atoms with Crippen LogP contribution in [0.2, 0.25) is 0 Å². The Balaban J connectivity index is 0. The lowest BCUT2D eigenvalue weighted by molar-refractivity contribution is 0.275. The molecular weight excluding hydrogens is 194 g/mol. The molecule has 10 heavy (non-hydrogen) atoms. The maximum Gasteiger partial charge on any atom is 0.466 e. The maximum absolute atomic E-state index is 10.2. The minimum atomic E-state index is -5.17. The zero-order valence-electron chi connectivity index (χ0n) is 4.25. The average Bonchev–Trinajstić information content (AvgIpc) is 1.12. The predicted octanol–water partition coefficient (Wildman–Crippen LogP) is -1.17. The molecule has 64 valence electrons. The standard InChI is InChI=1S/FHO3S.H3O4P/c2*1-5(2,3)4/h(H,2,3,4);(H3,1,2,3,4). The van der Waals surface area contributed by atoms with E-state index >= 15 is 0 Å². The fourth-order valence-corrected chi connectivity index (χ4v) is 0. The highest BCUT2D eigenvalue weighted by atomic mass is 32.3. The SMILES string of the molecule is O=P(O)(O)O.O=S(=O)(O)F. The first-order valence-electron chi connectivity index (χ1n) is 1.45. The molecule has 10 heteroatoms. The van der Waals surface area contributed by atoms with Crippen LogP contribution in [0.4, 0.5) is 3.89 Å². The van der Waals surface area contributed by atoms with Crippen molar-refractivity contribution in [3.63, 3.8) is 0 Å². The normalized spacial score (nSPS) is 11.7. The second-order valence-corrected chi connectivity index (χ2v) is 2.78. The number of rotatable bonds is 0. The highest BCUT2D eigenvalue weighted by Gasteiger charge is 2.00. The molecule has 0 atom stereocenters. The minimum absolute atomic E-state index is 4.64. The summed E-state index contributed by atoms with van der Waals surface area (Å²) in [7, 11) is -9.81. The van der Waals surface area contributed by atoms with Crippen LogP contribution in [0.5, 0.6) is 0 Å². The summed E-state index contributed by atoms with van der Waals surface area (Å²) in [4.78, 5) is 21.6. The van der Waals surface area contributed by atoms with Gasteiger partial charge in [0.25, 0.3) is 0 Å². The van der Waals surface area contributed by atoms with Gasteiger partial charge in [-0.15, -0.1) is 0 Å². The maximum atomic E-state index is 10.2. The Hall–Kier alpha value is -0.0500. The third kappa shape index (κ3) is 154000. The van der Waals surface area contributed by atoms with Crippen molar-refractivity contribution in [3.05, 3.63) is 0 Å². The molecule has 0 radical (unpaired) electrons. The molecule has 0 aromatic heterocycles. The summed E-state index contributed by atoms with van der Waals surface area (Å²) in [5, 5.41) is 0. The van der Waals surface area contributed by atoms with Gasteiger partial charge in [0.2, 0.25) is 0 Å². The second kappa shape index (κ2) is 3.96. The Morgan fingerprint density at radius 1 is 1.20 bits per heavy atom. The van der Waals surface area contributed by atoms with E-state index in [1.54, 1.807) is 0 Å². The van der Waals surface area contributed by atoms with Gasteiger partial charge >= 0.3 is 18.3 Å². The van der Waals surface area contributed by atoms with Crippen LogP contribution >= 0.6 is 7.82 Å². The largest absolute Gasteiger partial charge is 0.466 e. The van der Waals surface area contributed by atoms with Crippen LogP contribution in [0.1, 0.15) is 0 Å². The van der Waals surface area contributed by atoms with Gasteiger partial charge in [-0.2, -0.15) is 8.42 Å². The Bertz CT molecular complexity index is 191. The van der Waals surface area contributed by atoms with E-state index in [2.05, 4.69) is 0 Å². The molecule has 4 N–H and O–H groups in total. The van der Waals surface area contributed by atoms with Crippen LogP contribution in [-0.2, 0) is 15.1 Å². The van der Waals surface area contributed by atoms with Crippen molar-refractivity contribution in [2.45, 2.75) is 0 Å². The van der Waals surface area contributed by atoms with Gasteiger partial charge < -0.3 is 14.7 Å². The van der Waals surface area contributed by atoms with Crippen molar-refractivity contribution >= 4 is 18.3 Å². The van der Waals surface area contributed by atoms with Crippen molar-refractivity contribution in [1.29, 1.82) is 0 Å². The lowest BCUT2D eigenvalue weighted by atomic mass is 15.8. The number of hydrogen-bond donors (Lipinski definition) is 4. The Morgan fingerprint density at radius 2 is 1.20 bits per heavy atom. The van der Waals surface area contributed by atoms with Crippen LogP contribution in [0.15, 0.2) is 0 Å². The van der Waals surface area contributed by atoms with E-state index in [-0.39, 0.29) is 0 Å². The van der Waals surface area contributed by atoms with Crippen LogP contribution in [-0.4, -0.2) is 27.7 Å². The fourth-order valence-electron chi connectivity index (χ4n) is 0. The van der Waals surface area contributed by atoms with E-state index in [0.29, 0.717) is 0 Å². The summed E-state index contributed by atoms with van der Waals surface area (Å²) in [6.45, 7) is 0. The third-order valence-electron chi connectivity index (χ3n) is 0. The highest BCUT2D eigenvalue weighted by Crippen LogP contribution is 2.25. The molecule has 0 saturated carbocycles. The fraction of sp³-hybridized carbons (Fsp3) is 0. The molecule has 0 aliphatic rings. The molecule has 0 aliphatic heterocycles. The van der Waals surface area contributed by atoms with Crippen molar-refractivity contribution in [1.82, 2.24) is 0 Å². The van der Waals surface area contributed by atoms with Crippen LogP contribution in [0.3, 0.4) is 0 Å². The highest BCUT2D eigenvalue weighted by molar-refractivity contribution is 7.80. The van der Waals surface area contributed by atoms with Crippen molar-refractivity contribution in [3.8, 4) is 0 Å². The summed E-state index contributed by atoms with van der Waals surface area (Å²) in [6.07, 6.45) is 0. The zero-order valence-corrected chi connectivity index (χ0v) is 5.96. The number of hydrogen-bond acceptors (Lipinski definition) is 3. The first-order chi connectivity index (χ1) is 4.00. The molecule has 0 fully saturated rings. The molecule has 0 aromatic rings. The third-order valence-corrected chi connectivity index (χ3v) is 0. The van der Waals surface area contributed by atoms with Gasteiger partial charge in [0.05, 0.1) is 0 Å². The Kier molecular flexibility index (Phi) is 5.00. The van der Waals surface area contributed by atoms with Gasteiger partial charge in [-0.1, -0.05) is 3.89 Å². The minimum Gasteiger partial charge on any atom is -0.303 e. The molecule has 7 nitrogen and oxygen atoms in total. The molecular formula is H4FO7PS. The van der Waals surface area contributed by atoms with Crippen LogP contribution in [0.25, 0.3) is 0 Å². The predicted molar refractivity (Wildman–Crippen MR) is 26.9 cm³/mol. The summed E-state index contributed by atoms with van der Waals surface area (Å²) in [5.41, 5.74) is 0. The summed E-state index contributed by atoms with van der Waals surface area (Å²) < 4.78 is 43.0. The van der Waals surface area contributed by atoms with E-state index in [9.17, 15) is 3.89 Å². The van der Waals surface area contributed by atoms with Gasteiger partial charge in [0.1, 0.15) is 0 Å². The lowest BCUT2D eigenvalue weighted by Gasteiger charge is -1.82. The smallest absolute Gasteiger partial charge is 0.303 e. The van der Waals surface area contributed by atoms with E-state index in [0.717, 1.165) is 0 Å². The van der Waals surface area contributed by atoms with Gasteiger partial charge in [-0.05, 0) is 0 Å². The quantitative estimate of drug-likeness (QED) is 0.219. The molecule has 0 heterocycles. The average molecular weight is 198 g/mol. The molecule has 0 amide bonds. The van der Waals surface area contributed by atoms with Crippen LogP contribution in [0, 0.1) is 0 Å². The van der Waals surface area contributed by atoms with Gasteiger partial charge in [0, 0.05) is 0 Å². The summed E-state index contributed by atoms with van der Waals surface area (Å²) in [6, 6.07) is 0. The Labute approximate surface area is 55.4 Å². The van der Waals surface area contributed by atoms with E-state index in [1.165, 1.54) is 0 Å². The second-order valence-electron chi connectivity index (χ2n) is 0.925. The monoisotopic (exact) mass is 198 g/mol. The van der Waals surface area contributed by atoms with Crippen molar-refractivity contribution in [2.75, 3.05) is 0 Å². The lowest BCUT2D eigenvalue weighted by Crippen LogP contribution is -1.80. The molecule has 0 unspecified atom stereocenters. The van der Waals surface area contributed by atoms with Gasteiger partial charge in [0.15, 0.2) is 0 Å². The number of halogens is 1. The molecule has 0 rings (SSSR count). The van der Waals surface area contributed by atoms with E-state index in [4.69, 9.17) is 32.2 Å². The number of phosphoric acid groups is 1. The summed E-state index contributed by atoms with van der Waals surface area (Å²) >= 11 is 0. The molecule has 0 aliphatic carbocycles. The first-order valence-corrected chi connectivity index (χ1v) is 4.36. The van der Waals surface area contributed by atoms with E-state index < -0.39 is 18.3 Å². The molecule has 0 saturated heterocycles. The first kappa shape index (κ1) is 12.6. The zero-order chi connectivity index (χ0) is 9.00. The van der Waals surface area contributed by atoms with Gasteiger partial charge in [-0.25, -0.2) is 4.57 Å². The van der Waals surface area contributed by atoms with Crippen LogP contribution < -0.4 is 0 Å². The van der Waals surface area contributed by atoms with E-state index in [1.807, 2.05) is 0 Å². The van der Waals surface area contributed by atoms with Crippen molar-refractivity contribution in [2.24, 2.45) is 0 Å². The molecule has 0 bridgehead atoms.